The fraction of sp³-hybridized carbons (Fsp3) is 0.421. The van der Waals surface area contributed by atoms with E-state index in [0.29, 0.717) is 49.1 Å². The molecular weight excluding hydrogens is 384 g/mol. The average Bonchev–Trinajstić information content (AvgIpc) is 3.08. The Morgan fingerprint density at radius 1 is 1.32 bits per heavy atom. The maximum absolute atomic E-state index is 14.4. The molecule has 6 nitrogen and oxygen atoms in total. The van der Waals surface area contributed by atoms with E-state index < -0.39 is 11.6 Å². The molecule has 1 aliphatic heterocycles. The molecule has 1 N–H and O–H groups in total. The summed E-state index contributed by atoms with van der Waals surface area (Å²) in [6.45, 7) is 5.30. The van der Waals surface area contributed by atoms with Crippen molar-refractivity contribution in [2.45, 2.75) is 26.7 Å². The summed E-state index contributed by atoms with van der Waals surface area (Å²) in [7, 11) is 1.79. The Labute approximate surface area is 167 Å². The van der Waals surface area contributed by atoms with Gasteiger partial charge in [0.15, 0.2) is 0 Å². The van der Waals surface area contributed by atoms with Gasteiger partial charge in [-0.25, -0.2) is 18.6 Å². The van der Waals surface area contributed by atoms with Gasteiger partial charge in [-0.3, -0.25) is 5.32 Å². The van der Waals surface area contributed by atoms with Crippen molar-refractivity contribution in [3.63, 3.8) is 0 Å². The molecule has 2 heterocycles. The predicted molar refractivity (Wildman–Crippen MR) is 108 cm³/mol. The lowest BCUT2D eigenvalue weighted by Crippen LogP contribution is -2.39. The highest BCUT2D eigenvalue weighted by Gasteiger charge is 2.21. The number of carbonyl (C=O) groups excluding carboxylic acids is 1. The van der Waals surface area contributed by atoms with E-state index in [1.54, 1.807) is 29.8 Å². The fourth-order valence-corrected chi connectivity index (χ4v) is 3.54. The maximum Gasteiger partial charge on any atom is 0.323 e. The first-order valence-electron chi connectivity index (χ1n) is 9.13. The fourth-order valence-electron chi connectivity index (χ4n) is 2.98. The van der Waals surface area contributed by atoms with E-state index in [2.05, 4.69) is 14.7 Å². The van der Waals surface area contributed by atoms with Gasteiger partial charge in [0.2, 0.25) is 5.13 Å². The van der Waals surface area contributed by atoms with Crippen LogP contribution in [0.3, 0.4) is 0 Å². The number of halogens is 2. The zero-order valence-electron chi connectivity index (χ0n) is 16.1. The van der Waals surface area contributed by atoms with Gasteiger partial charge in [0, 0.05) is 49.5 Å². The summed E-state index contributed by atoms with van der Waals surface area (Å²) in [6, 6.07) is 2.47. The molecule has 0 aliphatic carbocycles. The number of amides is 2. The molecule has 1 saturated heterocycles. The van der Waals surface area contributed by atoms with Crippen LogP contribution in [0.15, 0.2) is 17.7 Å². The smallest absolute Gasteiger partial charge is 0.323 e. The summed E-state index contributed by atoms with van der Waals surface area (Å²) in [5, 5.41) is 3.19. The van der Waals surface area contributed by atoms with Gasteiger partial charge in [-0.15, -0.1) is 0 Å². The third kappa shape index (κ3) is 4.64. The number of rotatable bonds is 4. The average molecular weight is 407 g/mol. The van der Waals surface area contributed by atoms with Gasteiger partial charge in [0.1, 0.15) is 17.5 Å². The third-order valence-corrected chi connectivity index (χ3v) is 5.48. The Morgan fingerprint density at radius 3 is 2.50 bits per heavy atom. The highest BCUT2D eigenvalue weighted by Crippen LogP contribution is 2.26. The number of carbonyl (C=O) groups is 1. The van der Waals surface area contributed by atoms with E-state index in [0.717, 1.165) is 17.1 Å². The molecule has 0 unspecified atom stereocenters. The summed E-state index contributed by atoms with van der Waals surface area (Å²) in [5.41, 5.74) is 1.41. The van der Waals surface area contributed by atoms with E-state index in [4.69, 9.17) is 0 Å². The van der Waals surface area contributed by atoms with Crippen molar-refractivity contribution in [3.05, 3.63) is 40.7 Å². The number of aromatic nitrogens is 2. The van der Waals surface area contributed by atoms with Crippen LogP contribution in [0.25, 0.3) is 6.08 Å². The van der Waals surface area contributed by atoms with Gasteiger partial charge < -0.3 is 9.80 Å². The lowest BCUT2D eigenvalue weighted by atomic mass is 10.0. The molecule has 0 saturated carbocycles. The van der Waals surface area contributed by atoms with E-state index >= 15 is 0 Å². The quantitative estimate of drug-likeness (QED) is 0.821. The second kappa shape index (κ2) is 8.64. The van der Waals surface area contributed by atoms with E-state index in [-0.39, 0.29) is 11.6 Å². The van der Waals surface area contributed by atoms with Gasteiger partial charge in [0.05, 0.1) is 0 Å². The van der Waals surface area contributed by atoms with Crippen LogP contribution < -0.4 is 10.2 Å². The predicted octanol–water partition coefficient (Wildman–Crippen LogP) is 4.29. The molecule has 28 heavy (non-hydrogen) atoms. The summed E-state index contributed by atoms with van der Waals surface area (Å²) in [5.74, 6) is -0.534. The second-order valence-corrected chi connectivity index (χ2v) is 7.46. The normalized spacial score (nSPS) is 14.2. The van der Waals surface area contributed by atoms with Crippen molar-refractivity contribution in [3.8, 4) is 0 Å². The molecule has 150 valence electrons. The molecule has 0 radical (unpaired) electrons. The molecule has 0 atom stereocenters. The number of aryl methyl sites for hydroxylation is 1. The number of nitrogens with one attached hydrogen (secondary N) is 1. The van der Waals surface area contributed by atoms with Crippen LogP contribution in [0.5, 0.6) is 0 Å². The van der Waals surface area contributed by atoms with E-state index in [9.17, 15) is 13.6 Å². The van der Waals surface area contributed by atoms with Crippen LogP contribution in [-0.4, -0.2) is 47.0 Å². The number of nitrogens with zero attached hydrogens (tertiary/aromatic N) is 4. The topological polar surface area (TPSA) is 61.4 Å². The zero-order chi connectivity index (χ0) is 20.3. The molecule has 1 fully saturated rings. The van der Waals surface area contributed by atoms with Crippen molar-refractivity contribution in [1.82, 2.24) is 14.3 Å². The Bertz CT molecular complexity index is 865. The lowest BCUT2D eigenvalue weighted by Gasteiger charge is -2.28. The SMILES string of the molecule is CCN(C)c1cc(F)c(C=C2CCN(C(=O)Nc3nc(C)ns3)CC2)c(F)c1. The second-order valence-electron chi connectivity index (χ2n) is 6.70. The summed E-state index contributed by atoms with van der Waals surface area (Å²) < 4.78 is 32.9. The number of hydrogen-bond acceptors (Lipinski definition) is 5. The van der Waals surface area contributed by atoms with E-state index in [1.807, 2.05) is 6.92 Å². The standard InChI is InChI=1S/C19H23F2N5OS/c1-4-25(3)14-10-16(20)15(17(21)11-14)9-13-5-7-26(8-6-13)19(27)23-18-22-12(2)24-28-18/h9-11H,4-8H2,1-3H3,(H,22,23,24,27). The Kier molecular flexibility index (Phi) is 6.23. The Balaban J connectivity index is 1.64. The minimum atomic E-state index is -0.574. The van der Waals surface area contributed by atoms with Gasteiger partial charge in [0.25, 0.3) is 0 Å². The minimum absolute atomic E-state index is 0.0227. The van der Waals surface area contributed by atoms with Gasteiger partial charge in [-0.1, -0.05) is 5.57 Å². The van der Waals surface area contributed by atoms with Crippen LogP contribution in [0, 0.1) is 18.6 Å². The number of hydrogen-bond donors (Lipinski definition) is 1. The summed E-state index contributed by atoms with van der Waals surface area (Å²) in [4.78, 5) is 19.8. The first-order chi connectivity index (χ1) is 13.4. The van der Waals surface area contributed by atoms with Crippen molar-refractivity contribution in [2.75, 3.05) is 36.9 Å². The van der Waals surface area contributed by atoms with Crippen LogP contribution in [-0.2, 0) is 0 Å². The largest absolute Gasteiger partial charge is 0.375 e. The van der Waals surface area contributed by atoms with Gasteiger partial charge in [-0.2, -0.15) is 4.37 Å². The third-order valence-electron chi connectivity index (χ3n) is 4.76. The van der Waals surface area contributed by atoms with Crippen molar-refractivity contribution >= 4 is 34.5 Å². The molecule has 3 rings (SSSR count). The van der Waals surface area contributed by atoms with Gasteiger partial charge >= 0.3 is 6.03 Å². The number of anilines is 2. The molecule has 0 bridgehead atoms. The lowest BCUT2D eigenvalue weighted by molar-refractivity contribution is 0.208. The van der Waals surface area contributed by atoms with Crippen LogP contribution >= 0.6 is 11.5 Å². The highest BCUT2D eigenvalue weighted by molar-refractivity contribution is 7.09. The highest BCUT2D eigenvalue weighted by atomic mass is 32.1. The maximum atomic E-state index is 14.4. The van der Waals surface area contributed by atoms with E-state index in [1.165, 1.54) is 12.1 Å². The molecule has 1 aromatic carbocycles. The number of benzene rings is 1. The first-order valence-corrected chi connectivity index (χ1v) is 9.90. The molecule has 2 amide bonds. The van der Waals surface area contributed by atoms with Crippen molar-refractivity contribution in [1.29, 1.82) is 0 Å². The van der Waals surface area contributed by atoms with Crippen LogP contribution in [0.4, 0.5) is 24.4 Å². The number of piperidine rings is 1. The molecule has 2 aromatic rings. The molecule has 1 aliphatic rings. The van der Waals surface area contributed by atoms with Crippen molar-refractivity contribution in [2.24, 2.45) is 0 Å². The first kappa shape index (κ1) is 20.2. The monoisotopic (exact) mass is 407 g/mol. The Hall–Kier alpha value is -2.55. The zero-order valence-corrected chi connectivity index (χ0v) is 16.9. The molecule has 0 spiro atoms. The van der Waals surface area contributed by atoms with Crippen LogP contribution in [0.1, 0.15) is 31.2 Å². The summed E-state index contributed by atoms with van der Waals surface area (Å²) in [6.07, 6.45) is 2.71. The molecule has 1 aromatic heterocycles. The molecular formula is C19H23F2N5OS. The van der Waals surface area contributed by atoms with Gasteiger partial charge in [-0.05, 0) is 44.9 Å². The van der Waals surface area contributed by atoms with Crippen molar-refractivity contribution < 1.29 is 13.6 Å². The Morgan fingerprint density at radius 2 is 1.96 bits per heavy atom. The summed E-state index contributed by atoms with van der Waals surface area (Å²) >= 11 is 1.13. The minimum Gasteiger partial charge on any atom is -0.375 e. The number of urea groups is 1. The number of likely N-dealkylation sites (tertiary alicyclic amines) is 1. The molecule has 9 heteroatoms. The van der Waals surface area contributed by atoms with Crippen LogP contribution in [0.2, 0.25) is 0 Å².